The third-order valence-corrected chi connectivity index (χ3v) is 1.65. The minimum atomic E-state index is -0.282. The van der Waals surface area contributed by atoms with Crippen LogP contribution < -0.4 is 0 Å². The largest absolute Gasteiger partial charge is 0.464 e. The zero-order valence-corrected chi connectivity index (χ0v) is 6.92. The molecule has 0 aliphatic heterocycles. The summed E-state index contributed by atoms with van der Waals surface area (Å²) < 4.78 is 6.35. The number of rotatable bonds is 1. The molecule has 0 saturated heterocycles. The second kappa shape index (κ2) is 2.78. The summed E-state index contributed by atoms with van der Waals surface area (Å²) >= 11 is 0. The van der Waals surface area contributed by atoms with Gasteiger partial charge in [-0.15, -0.1) is 0 Å². The second-order valence-corrected chi connectivity index (χ2v) is 2.45. The van der Waals surface area contributed by atoms with E-state index >= 15 is 0 Å². The van der Waals surface area contributed by atoms with Crippen molar-refractivity contribution in [2.24, 2.45) is 7.05 Å². The van der Waals surface area contributed by atoms with Crippen LogP contribution in [0.4, 0.5) is 0 Å². The highest BCUT2D eigenvalue weighted by Crippen LogP contribution is 2.08. The average Bonchev–Trinajstić information content (AvgIpc) is 2.30. The lowest BCUT2D eigenvalue weighted by atomic mass is 10.3. The van der Waals surface area contributed by atoms with E-state index in [1.54, 1.807) is 4.57 Å². The molecule has 0 fully saturated rings. The molecule has 0 saturated carbocycles. The predicted molar refractivity (Wildman–Crippen MR) is 41.5 cm³/mol. The smallest absolute Gasteiger partial charge is 0.354 e. The maximum atomic E-state index is 11.1. The summed E-state index contributed by atoms with van der Waals surface area (Å²) in [7, 11) is 3.20. The van der Waals surface area contributed by atoms with Crippen LogP contribution in [0.5, 0.6) is 0 Å². The van der Waals surface area contributed by atoms with Gasteiger partial charge < -0.3 is 9.30 Å². The Morgan fingerprint density at radius 2 is 2.27 bits per heavy atom. The van der Waals surface area contributed by atoms with Gasteiger partial charge in [-0.1, -0.05) is 0 Å². The topological polar surface area (TPSA) is 31.2 Å². The maximum absolute atomic E-state index is 11.1. The molecule has 60 valence electrons. The van der Waals surface area contributed by atoms with E-state index in [1.807, 2.05) is 26.2 Å². The van der Waals surface area contributed by atoms with E-state index in [1.165, 1.54) is 7.11 Å². The van der Waals surface area contributed by atoms with Gasteiger partial charge in [0, 0.05) is 13.2 Å². The molecule has 0 unspecified atom stereocenters. The summed E-state index contributed by atoms with van der Waals surface area (Å²) in [6.45, 7) is 1.88. The third-order valence-electron chi connectivity index (χ3n) is 1.65. The van der Waals surface area contributed by atoms with Gasteiger partial charge in [0.2, 0.25) is 0 Å². The van der Waals surface area contributed by atoms with E-state index in [2.05, 4.69) is 4.74 Å². The van der Waals surface area contributed by atoms with Gasteiger partial charge in [-0.05, 0) is 18.6 Å². The zero-order chi connectivity index (χ0) is 8.43. The van der Waals surface area contributed by atoms with Crippen molar-refractivity contribution in [2.45, 2.75) is 6.92 Å². The molecule has 0 N–H and O–H groups in total. The molecule has 1 aromatic heterocycles. The minimum Gasteiger partial charge on any atom is -0.464 e. The van der Waals surface area contributed by atoms with Gasteiger partial charge in [0.15, 0.2) is 0 Å². The first kappa shape index (κ1) is 7.85. The van der Waals surface area contributed by atoms with Gasteiger partial charge in [0.1, 0.15) is 5.69 Å². The van der Waals surface area contributed by atoms with Crippen LogP contribution in [-0.4, -0.2) is 17.6 Å². The molecule has 1 heterocycles. The molecule has 0 amide bonds. The Morgan fingerprint density at radius 3 is 2.64 bits per heavy atom. The van der Waals surface area contributed by atoms with Crippen molar-refractivity contribution < 1.29 is 9.53 Å². The number of carbonyl (C=O) groups excluding carboxylic acids is 1. The second-order valence-electron chi connectivity index (χ2n) is 2.45. The monoisotopic (exact) mass is 153 g/mol. The quantitative estimate of drug-likeness (QED) is 0.566. The molecule has 3 nitrogen and oxygen atoms in total. The molecule has 0 bridgehead atoms. The number of carbonyl (C=O) groups is 1. The van der Waals surface area contributed by atoms with Gasteiger partial charge in [0.25, 0.3) is 0 Å². The predicted octanol–water partition coefficient (Wildman–Crippen LogP) is 1.12. The van der Waals surface area contributed by atoms with Crippen LogP contribution in [0.1, 0.15) is 16.1 Å². The highest BCUT2D eigenvalue weighted by molar-refractivity contribution is 5.89. The number of ether oxygens (including phenoxy) is 1. The fourth-order valence-corrected chi connectivity index (χ4v) is 1.06. The van der Waals surface area contributed by atoms with Gasteiger partial charge in [-0.2, -0.15) is 0 Å². The molecule has 11 heavy (non-hydrogen) atoms. The molecule has 1 rings (SSSR count). The summed E-state index contributed by atoms with van der Waals surface area (Å²) in [4.78, 5) is 11.1. The normalized spacial score (nSPS) is 9.73. The van der Waals surface area contributed by atoms with Crippen LogP contribution in [0.15, 0.2) is 12.3 Å². The molecule has 1 aromatic rings. The summed E-state index contributed by atoms with van der Waals surface area (Å²) in [5.74, 6) is -0.282. The number of hydrogen-bond donors (Lipinski definition) is 0. The Hall–Kier alpha value is -1.25. The lowest BCUT2D eigenvalue weighted by molar-refractivity contribution is 0.0589. The van der Waals surface area contributed by atoms with Gasteiger partial charge in [-0.25, -0.2) is 4.79 Å². The summed E-state index contributed by atoms with van der Waals surface area (Å²) in [6.07, 6.45) is 1.83. The summed E-state index contributed by atoms with van der Waals surface area (Å²) in [6, 6.07) is 1.88. The fraction of sp³-hybridized carbons (Fsp3) is 0.375. The standard InChI is InChI=1S/C8H11NO2/c1-6-4-5-9(2)7(6)8(10)11-3/h4-5H,1-3H3. The Morgan fingerprint density at radius 1 is 1.64 bits per heavy atom. The number of nitrogens with zero attached hydrogens (tertiary/aromatic N) is 1. The van der Waals surface area contributed by atoms with E-state index in [-0.39, 0.29) is 5.97 Å². The zero-order valence-electron chi connectivity index (χ0n) is 6.92. The number of hydrogen-bond acceptors (Lipinski definition) is 2. The fourth-order valence-electron chi connectivity index (χ4n) is 1.06. The summed E-state index contributed by atoms with van der Waals surface area (Å²) in [5, 5.41) is 0. The van der Waals surface area contributed by atoms with Crippen molar-refractivity contribution in [1.29, 1.82) is 0 Å². The summed E-state index contributed by atoms with van der Waals surface area (Å²) in [5.41, 5.74) is 1.56. The van der Waals surface area contributed by atoms with Crippen molar-refractivity contribution in [3.8, 4) is 0 Å². The number of esters is 1. The first-order valence-electron chi connectivity index (χ1n) is 3.37. The van der Waals surface area contributed by atoms with E-state index in [0.717, 1.165) is 5.56 Å². The van der Waals surface area contributed by atoms with E-state index in [4.69, 9.17) is 0 Å². The molecular weight excluding hydrogens is 142 g/mol. The van der Waals surface area contributed by atoms with Gasteiger partial charge in [0.05, 0.1) is 7.11 Å². The number of methoxy groups -OCH3 is 1. The minimum absolute atomic E-state index is 0.282. The van der Waals surface area contributed by atoms with E-state index < -0.39 is 0 Å². The SMILES string of the molecule is COC(=O)c1c(C)ccn1C. The Bertz CT molecular complexity index is 256. The molecule has 0 aromatic carbocycles. The third kappa shape index (κ3) is 1.27. The van der Waals surface area contributed by atoms with Crippen molar-refractivity contribution >= 4 is 5.97 Å². The molecule has 0 spiro atoms. The van der Waals surface area contributed by atoms with Crippen LogP contribution in [0, 0.1) is 6.92 Å². The molecule has 0 radical (unpaired) electrons. The van der Waals surface area contributed by atoms with Crippen molar-refractivity contribution in [3.05, 3.63) is 23.5 Å². The lowest BCUT2D eigenvalue weighted by Gasteiger charge is -2.01. The van der Waals surface area contributed by atoms with Crippen LogP contribution in [-0.2, 0) is 11.8 Å². The Balaban J connectivity index is 3.10. The first-order chi connectivity index (χ1) is 5.16. The highest BCUT2D eigenvalue weighted by Gasteiger charge is 2.11. The lowest BCUT2D eigenvalue weighted by Crippen LogP contribution is -2.08. The number of aryl methyl sites for hydroxylation is 2. The van der Waals surface area contributed by atoms with Crippen molar-refractivity contribution in [3.63, 3.8) is 0 Å². The Labute approximate surface area is 65.6 Å². The van der Waals surface area contributed by atoms with Crippen LogP contribution >= 0.6 is 0 Å². The van der Waals surface area contributed by atoms with Crippen LogP contribution in [0.3, 0.4) is 0 Å². The highest BCUT2D eigenvalue weighted by atomic mass is 16.5. The average molecular weight is 153 g/mol. The van der Waals surface area contributed by atoms with Crippen LogP contribution in [0.2, 0.25) is 0 Å². The molecular formula is C8H11NO2. The van der Waals surface area contributed by atoms with E-state index in [9.17, 15) is 4.79 Å². The molecule has 0 aliphatic carbocycles. The maximum Gasteiger partial charge on any atom is 0.354 e. The van der Waals surface area contributed by atoms with Crippen LogP contribution in [0.25, 0.3) is 0 Å². The molecule has 0 atom stereocenters. The Kier molecular flexibility index (Phi) is 1.98. The van der Waals surface area contributed by atoms with Crippen molar-refractivity contribution in [1.82, 2.24) is 4.57 Å². The molecule has 0 aliphatic rings. The van der Waals surface area contributed by atoms with E-state index in [0.29, 0.717) is 5.69 Å². The van der Waals surface area contributed by atoms with Gasteiger partial charge in [-0.3, -0.25) is 0 Å². The van der Waals surface area contributed by atoms with Crippen molar-refractivity contribution in [2.75, 3.05) is 7.11 Å². The first-order valence-corrected chi connectivity index (χ1v) is 3.37. The number of aromatic nitrogens is 1. The van der Waals surface area contributed by atoms with Gasteiger partial charge >= 0.3 is 5.97 Å². The molecule has 3 heteroatoms.